The molecule has 1 heterocycles. The third-order valence-electron chi connectivity index (χ3n) is 3.39. The lowest BCUT2D eigenvalue weighted by atomic mass is 10.1. The van der Waals surface area contributed by atoms with E-state index in [1.165, 1.54) is 14.2 Å². The Morgan fingerprint density at radius 3 is 2.36 bits per heavy atom. The molecule has 0 unspecified atom stereocenters. The maximum atomic E-state index is 12.8. The molecule has 1 aromatic carbocycles. The van der Waals surface area contributed by atoms with E-state index < -0.39 is 0 Å². The number of ether oxygens (including phenoxy) is 2. The summed E-state index contributed by atoms with van der Waals surface area (Å²) < 4.78 is 13.2. The maximum Gasteiger partial charge on any atom is 0.261 e. The van der Waals surface area contributed by atoms with Gasteiger partial charge in [-0.15, -0.1) is 0 Å². The minimum absolute atomic E-state index is 0.178. The molecule has 1 aromatic heterocycles. The van der Waals surface area contributed by atoms with Gasteiger partial charge in [-0.25, -0.2) is 0 Å². The zero-order chi connectivity index (χ0) is 16.3. The molecule has 0 atom stereocenters. The molecule has 0 radical (unpaired) electrons. The zero-order valence-corrected chi connectivity index (χ0v) is 14.5. The van der Waals surface area contributed by atoms with Crippen molar-refractivity contribution in [2.45, 2.75) is 6.54 Å². The van der Waals surface area contributed by atoms with E-state index >= 15 is 0 Å². The van der Waals surface area contributed by atoms with Gasteiger partial charge in [0.25, 0.3) is 5.91 Å². The first-order valence-electron chi connectivity index (χ1n) is 6.62. The van der Waals surface area contributed by atoms with Crippen LogP contribution < -0.4 is 9.47 Å². The summed E-state index contributed by atoms with van der Waals surface area (Å²) in [5, 5.41) is 4.15. The first-order chi connectivity index (χ1) is 10.5. The van der Waals surface area contributed by atoms with E-state index in [2.05, 4.69) is 21.0 Å². The van der Waals surface area contributed by atoms with Crippen molar-refractivity contribution in [1.82, 2.24) is 14.7 Å². The summed E-state index contributed by atoms with van der Waals surface area (Å²) in [4.78, 5) is 14.4. The van der Waals surface area contributed by atoms with Crippen molar-refractivity contribution in [2.75, 3.05) is 21.3 Å². The first kappa shape index (κ1) is 16.4. The van der Waals surface area contributed by atoms with Crippen LogP contribution in [-0.2, 0) is 13.6 Å². The lowest BCUT2D eigenvalue weighted by molar-refractivity contribution is 0.0774. The number of hydrogen-bond donors (Lipinski definition) is 0. The van der Waals surface area contributed by atoms with Crippen molar-refractivity contribution in [3.8, 4) is 11.5 Å². The Kier molecular flexibility index (Phi) is 5.07. The molecule has 22 heavy (non-hydrogen) atoms. The molecule has 7 heteroatoms. The fraction of sp³-hybridized carbons (Fsp3) is 0.333. The lowest BCUT2D eigenvalue weighted by Gasteiger charge is -2.20. The van der Waals surface area contributed by atoms with Crippen LogP contribution in [-0.4, -0.2) is 41.9 Å². The largest absolute Gasteiger partial charge is 0.496 e. The molecule has 0 saturated heterocycles. The summed E-state index contributed by atoms with van der Waals surface area (Å²) in [6.07, 6.45) is 1.71. The standard InChI is InChI=1S/C15H18BrN3O3/c1-18(9-11-10(16)8-17-19(11)2)15(20)14-12(21-3)6-5-7-13(14)22-4/h5-8H,9H2,1-4H3. The van der Waals surface area contributed by atoms with Crippen LogP contribution in [0.2, 0.25) is 0 Å². The minimum Gasteiger partial charge on any atom is -0.496 e. The average Bonchev–Trinajstić information content (AvgIpc) is 2.85. The number of rotatable bonds is 5. The Morgan fingerprint density at radius 1 is 1.32 bits per heavy atom. The molecule has 0 saturated carbocycles. The number of carbonyl (C=O) groups excluding carboxylic acids is 1. The van der Waals surface area contributed by atoms with Crippen molar-refractivity contribution < 1.29 is 14.3 Å². The van der Waals surface area contributed by atoms with E-state index in [1.54, 1.807) is 41.0 Å². The Balaban J connectivity index is 2.32. The number of amides is 1. The van der Waals surface area contributed by atoms with Crippen LogP contribution in [0.15, 0.2) is 28.9 Å². The van der Waals surface area contributed by atoms with Gasteiger partial charge in [-0.05, 0) is 28.1 Å². The van der Waals surface area contributed by atoms with Crippen molar-refractivity contribution in [2.24, 2.45) is 7.05 Å². The highest BCUT2D eigenvalue weighted by molar-refractivity contribution is 9.10. The summed E-state index contributed by atoms with van der Waals surface area (Å²) in [6, 6.07) is 5.26. The zero-order valence-electron chi connectivity index (χ0n) is 13.0. The molecule has 0 aliphatic rings. The van der Waals surface area contributed by atoms with Crippen LogP contribution in [0, 0.1) is 0 Å². The Labute approximate surface area is 137 Å². The Bertz CT molecular complexity index is 643. The SMILES string of the molecule is COc1cccc(OC)c1C(=O)N(C)Cc1c(Br)cnn1C. The second-order valence-electron chi connectivity index (χ2n) is 4.76. The molecular formula is C15H18BrN3O3. The number of benzene rings is 1. The van der Waals surface area contributed by atoms with Gasteiger partial charge in [-0.2, -0.15) is 5.10 Å². The molecule has 0 N–H and O–H groups in total. The van der Waals surface area contributed by atoms with E-state index in [9.17, 15) is 4.79 Å². The molecular weight excluding hydrogens is 350 g/mol. The van der Waals surface area contributed by atoms with Crippen LogP contribution in [0.1, 0.15) is 16.1 Å². The highest BCUT2D eigenvalue weighted by Crippen LogP contribution is 2.30. The molecule has 0 bridgehead atoms. The minimum atomic E-state index is -0.178. The van der Waals surface area contributed by atoms with E-state index in [0.29, 0.717) is 23.6 Å². The molecule has 118 valence electrons. The summed E-state index contributed by atoms with van der Waals surface area (Å²) in [5.41, 5.74) is 1.32. The second kappa shape index (κ2) is 6.83. The smallest absolute Gasteiger partial charge is 0.261 e. The fourth-order valence-electron chi connectivity index (χ4n) is 2.16. The van der Waals surface area contributed by atoms with Gasteiger partial charge in [0.05, 0.1) is 37.1 Å². The second-order valence-corrected chi connectivity index (χ2v) is 5.62. The number of halogens is 1. The van der Waals surface area contributed by atoms with Crippen molar-refractivity contribution in [1.29, 1.82) is 0 Å². The molecule has 0 aliphatic carbocycles. The lowest BCUT2D eigenvalue weighted by Crippen LogP contribution is -2.28. The van der Waals surface area contributed by atoms with E-state index in [4.69, 9.17) is 9.47 Å². The van der Waals surface area contributed by atoms with E-state index in [-0.39, 0.29) is 5.91 Å². The predicted octanol–water partition coefficient (Wildman–Crippen LogP) is 2.47. The van der Waals surface area contributed by atoms with E-state index in [1.807, 2.05) is 7.05 Å². The summed E-state index contributed by atoms with van der Waals surface area (Å²) in [6.45, 7) is 0.414. The topological polar surface area (TPSA) is 56.6 Å². The fourth-order valence-corrected chi connectivity index (χ4v) is 2.64. The predicted molar refractivity (Wildman–Crippen MR) is 86.3 cm³/mol. The van der Waals surface area contributed by atoms with Gasteiger partial charge in [0, 0.05) is 14.1 Å². The number of hydrogen-bond acceptors (Lipinski definition) is 4. The molecule has 6 nitrogen and oxygen atoms in total. The van der Waals surface area contributed by atoms with Gasteiger partial charge in [0.2, 0.25) is 0 Å². The average molecular weight is 368 g/mol. The van der Waals surface area contributed by atoms with Gasteiger partial charge >= 0.3 is 0 Å². The third-order valence-corrected chi connectivity index (χ3v) is 4.05. The van der Waals surface area contributed by atoms with Crippen LogP contribution in [0.25, 0.3) is 0 Å². The molecule has 2 rings (SSSR count). The van der Waals surface area contributed by atoms with Crippen LogP contribution in [0.5, 0.6) is 11.5 Å². The molecule has 0 spiro atoms. The Hall–Kier alpha value is -2.02. The summed E-state index contributed by atoms with van der Waals surface area (Å²) in [7, 11) is 6.63. The van der Waals surface area contributed by atoms with E-state index in [0.717, 1.165) is 10.2 Å². The molecule has 0 aliphatic heterocycles. The quantitative estimate of drug-likeness (QED) is 0.814. The van der Waals surface area contributed by atoms with Crippen LogP contribution >= 0.6 is 15.9 Å². The monoisotopic (exact) mass is 367 g/mol. The van der Waals surface area contributed by atoms with Gasteiger partial charge < -0.3 is 14.4 Å². The molecule has 0 fully saturated rings. The van der Waals surface area contributed by atoms with Gasteiger partial charge in [-0.3, -0.25) is 9.48 Å². The third kappa shape index (κ3) is 3.09. The number of carbonyl (C=O) groups is 1. The van der Waals surface area contributed by atoms with Gasteiger partial charge in [0.1, 0.15) is 17.1 Å². The molecule has 1 amide bonds. The summed E-state index contributed by atoms with van der Waals surface area (Å²) in [5.74, 6) is 0.794. The highest BCUT2D eigenvalue weighted by Gasteiger charge is 2.23. The van der Waals surface area contributed by atoms with Crippen LogP contribution in [0.4, 0.5) is 0 Å². The highest BCUT2D eigenvalue weighted by atomic mass is 79.9. The summed E-state index contributed by atoms with van der Waals surface area (Å²) >= 11 is 3.44. The number of nitrogens with zero attached hydrogens (tertiary/aromatic N) is 3. The first-order valence-corrected chi connectivity index (χ1v) is 7.41. The maximum absolute atomic E-state index is 12.8. The van der Waals surface area contributed by atoms with Gasteiger partial charge in [-0.1, -0.05) is 6.07 Å². The Morgan fingerprint density at radius 2 is 1.91 bits per heavy atom. The molecule has 2 aromatic rings. The number of methoxy groups -OCH3 is 2. The van der Waals surface area contributed by atoms with Crippen molar-refractivity contribution in [3.05, 3.63) is 40.1 Å². The van der Waals surface area contributed by atoms with Crippen molar-refractivity contribution in [3.63, 3.8) is 0 Å². The van der Waals surface area contributed by atoms with Gasteiger partial charge in [0.15, 0.2) is 0 Å². The normalized spacial score (nSPS) is 10.4. The number of aryl methyl sites for hydroxylation is 1. The van der Waals surface area contributed by atoms with Crippen molar-refractivity contribution >= 4 is 21.8 Å². The number of aromatic nitrogens is 2. The van der Waals surface area contributed by atoms with Crippen LogP contribution in [0.3, 0.4) is 0 Å².